The Morgan fingerprint density at radius 3 is 3.50 bits per heavy atom. The Morgan fingerprint density at radius 1 is 1.50 bits per heavy atom. The van der Waals surface area contributed by atoms with Crippen LogP contribution in [0.1, 0.15) is 6.42 Å². The average molecular weight is 159 g/mol. The molecule has 0 spiro atoms. The molecule has 10 heavy (non-hydrogen) atoms. The first kappa shape index (κ1) is 6.95. The molecule has 2 saturated heterocycles. The Kier molecular flexibility index (Phi) is 2.16. The highest BCUT2D eigenvalue weighted by Gasteiger charge is 2.28. The average Bonchev–Trinajstić information content (AvgIpc) is 2.28. The number of thioether (sulfide) groups is 1. The van der Waals surface area contributed by atoms with E-state index in [1.807, 2.05) is 11.8 Å². The zero-order valence-electron chi connectivity index (χ0n) is 6.01. The molecule has 2 atom stereocenters. The summed E-state index contributed by atoms with van der Waals surface area (Å²) in [4.78, 5) is 0. The Balaban J connectivity index is 1.95. The molecule has 0 amide bonds. The molecule has 2 aliphatic rings. The van der Waals surface area contributed by atoms with Gasteiger partial charge < -0.3 is 10.1 Å². The lowest BCUT2D eigenvalue weighted by Crippen LogP contribution is -2.32. The third-order valence-corrected chi connectivity index (χ3v) is 3.19. The van der Waals surface area contributed by atoms with Crippen LogP contribution in [0, 0.1) is 0 Å². The van der Waals surface area contributed by atoms with E-state index >= 15 is 0 Å². The third kappa shape index (κ3) is 1.31. The standard InChI is InChI=1S/C7H13NOS/c1-2-8-6-5-10-4-3-9-7(1)6/h6-8H,1-5H2. The summed E-state index contributed by atoms with van der Waals surface area (Å²) in [5.74, 6) is 2.42. The van der Waals surface area contributed by atoms with Crippen molar-refractivity contribution in [1.29, 1.82) is 0 Å². The van der Waals surface area contributed by atoms with E-state index in [1.165, 1.54) is 17.9 Å². The van der Waals surface area contributed by atoms with Crippen LogP contribution >= 0.6 is 11.8 Å². The maximum Gasteiger partial charge on any atom is 0.0748 e. The minimum absolute atomic E-state index is 0.523. The van der Waals surface area contributed by atoms with Crippen molar-refractivity contribution in [3.8, 4) is 0 Å². The van der Waals surface area contributed by atoms with Gasteiger partial charge in [0.15, 0.2) is 0 Å². The van der Waals surface area contributed by atoms with E-state index in [1.54, 1.807) is 0 Å². The van der Waals surface area contributed by atoms with Gasteiger partial charge in [-0.2, -0.15) is 11.8 Å². The zero-order chi connectivity index (χ0) is 6.81. The van der Waals surface area contributed by atoms with Crippen molar-refractivity contribution in [2.24, 2.45) is 0 Å². The molecule has 0 aromatic rings. The predicted molar refractivity (Wildman–Crippen MR) is 43.5 cm³/mol. The Morgan fingerprint density at radius 2 is 2.50 bits per heavy atom. The maximum atomic E-state index is 5.64. The lowest BCUT2D eigenvalue weighted by molar-refractivity contribution is 0.0642. The van der Waals surface area contributed by atoms with Gasteiger partial charge in [0.1, 0.15) is 0 Å². The SMILES string of the molecule is C1CC2OCCSCC2N1. The van der Waals surface area contributed by atoms with Crippen molar-refractivity contribution in [2.45, 2.75) is 18.6 Å². The van der Waals surface area contributed by atoms with E-state index < -0.39 is 0 Å². The fourth-order valence-electron chi connectivity index (χ4n) is 1.58. The fraction of sp³-hybridized carbons (Fsp3) is 1.00. The van der Waals surface area contributed by atoms with Crippen LogP contribution in [0.3, 0.4) is 0 Å². The van der Waals surface area contributed by atoms with E-state index in [9.17, 15) is 0 Å². The fourth-order valence-corrected chi connectivity index (χ4v) is 2.55. The second-order valence-corrected chi connectivity index (χ2v) is 3.98. The van der Waals surface area contributed by atoms with Gasteiger partial charge in [-0.05, 0) is 13.0 Å². The second kappa shape index (κ2) is 3.11. The summed E-state index contributed by atoms with van der Waals surface area (Å²) in [6, 6.07) is 0.646. The maximum absolute atomic E-state index is 5.64. The minimum Gasteiger partial charge on any atom is -0.376 e. The molecule has 2 rings (SSSR count). The van der Waals surface area contributed by atoms with E-state index in [0.717, 1.165) is 13.2 Å². The normalized spacial score (nSPS) is 40.8. The van der Waals surface area contributed by atoms with Gasteiger partial charge in [-0.3, -0.25) is 0 Å². The molecule has 2 heterocycles. The Labute approximate surface area is 65.7 Å². The number of hydrogen-bond acceptors (Lipinski definition) is 3. The Hall–Kier alpha value is 0.270. The van der Waals surface area contributed by atoms with Gasteiger partial charge in [-0.25, -0.2) is 0 Å². The largest absolute Gasteiger partial charge is 0.376 e. The summed E-state index contributed by atoms with van der Waals surface area (Å²) in [7, 11) is 0. The quantitative estimate of drug-likeness (QED) is 0.555. The molecule has 3 heteroatoms. The summed E-state index contributed by atoms with van der Waals surface area (Å²) in [5, 5.41) is 3.45. The molecule has 0 aromatic heterocycles. The topological polar surface area (TPSA) is 21.3 Å². The molecule has 0 saturated carbocycles. The van der Waals surface area contributed by atoms with Crippen molar-refractivity contribution in [1.82, 2.24) is 5.32 Å². The predicted octanol–water partition coefficient (Wildman–Crippen LogP) is 0.480. The monoisotopic (exact) mass is 159 g/mol. The van der Waals surface area contributed by atoms with Gasteiger partial charge in [0.2, 0.25) is 0 Å². The zero-order valence-corrected chi connectivity index (χ0v) is 6.82. The first-order chi connectivity index (χ1) is 4.97. The molecule has 2 unspecified atom stereocenters. The molecule has 0 radical (unpaired) electrons. The minimum atomic E-state index is 0.523. The van der Waals surface area contributed by atoms with Gasteiger partial charge in [-0.15, -0.1) is 0 Å². The van der Waals surface area contributed by atoms with Crippen molar-refractivity contribution in [3.63, 3.8) is 0 Å². The van der Waals surface area contributed by atoms with Crippen molar-refractivity contribution >= 4 is 11.8 Å². The molecule has 1 N–H and O–H groups in total. The van der Waals surface area contributed by atoms with Crippen molar-refractivity contribution in [3.05, 3.63) is 0 Å². The lowest BCUT2D eigenvalue weighted by atomic mass is 10.2. The molecular formula is C7H13NOS. The van der Waals surface area contributed by atoms with Crippen LogP contribution < -0.4 is 5.32 Å². The highest BCUT2D eigenvalue weighted by molar-refractivity contribution is 7.99. The molecule has 2 aliphatic heterocycles. The van der Waals surface area contributed by atoms with Crippen LogP contribution in [0.2, 0.25) is 0 Å². The number of rotatable bonds is 0. The van der Waals surface area contributed by atoms with Crippen molar-refractivity contribution in [2.75, 3.05) is 24.7 Å². The van der Waals surface area contributed by atoms with Crippen LogP contribution in [0.15, 0.2) is 0 Å². The van der Waals surface area contributed by atoms with Gasteiger partial charge >= 0.3 is 0 Å². The first-order valence-electron chi connectivity index (χ1n) is 3.89. The first-order valence-corrected chi connectivity index (χ1v) is 5.05. The molecular weight excluding hydrogens is 146 g/mol. The van der Waals surface area contributed by atoms with Crippen LogP contribution in [0.4, 0.5) is 0 Å². The summed E-state index contributed by atoms with van der Waals surface area (Å²) in [5.41, 5.74) is 0. The van der Waals surface area contributed by atoms with Crippen molar-refractivity contribution < 1.29 is 4.74 Å². The van der Waals surface area contributed by atoms with Gasteiger partial charge in [0.25, 0.3) is 0 Å². The van der Waals surface area contributed by atoms with E-state index in [0.29, 0.717) is 12.1 Å². The Bertz CT molecular complexity index is 108. The van der Waals surface area contributed by atoms with Gasteiger partial charge in [0.05, 0.1) is 12.7 Å². The summed E-state index contributed by atoms with van der Waals surface area (Å²) >= 11 is 2.00. The lowest BCUT2D eigenvalue weighted by Gasteiger charge is -2.14. The van der Waals surface area contributed by atoms with E-state index in [-0.39, 0.29) is 0 Å². The summed E-state index contributed by atoms with van der Waals surface area (Å²) in [6.07, 6.45) is 1.74. The molecule has 58 valence electrons. The molecule has 2 nitrogen and oxygen atoms in total. The summed E-state index contributed by atoms with van der Waals surface area (Å²) in [6.45, 7) is 2.10. The van der Waals surface area contributed by atoms with E-state index in [2.05, 4.69) is 5.32 Å². The summed E-state index contributed by atoms with van der Waals surface area (Å²) < 4.78 is 5.64. The smallest absolute Gasteiger partial charge is 0.0748 e. The molecule has 2 fully saturated rings. The van der Waals surface area contributed by atoms with Crippen LogP contribution in [0.5, 0.6) is 0 Å². The molecule has 0 aliphatic carbocycles. The molecule has 0 bridgehead atoms. The van der Waals surface area contributed by atoms with E-state index in [4.69, 9.17) is 4.74 Å². The molecule has 0 aromatic carbocycles. The van der Waals surface area contributed by atoms with Crippen LogP contribution in [-0.4, -0.2) is 36.8 Å². The second-order valence-electron chi connectivity index (χ2n) is 2.83. The number of fused-ring (bicyclic) bond motifs is 1. The number of ether oxygens (including phenoxy) is 1. The van der Waals surface area contributed by atoms with Crippen LogP contribution in [-0.2, 0) is 4.74 Å². The third-order valence-electron chi connectivity index (χ3n) is 2.14. The van der Waals surface area contributed by atoms with Crippen LogP contribution in [0.25, 0.3) is 0 Å². The van der Waals surface area contributed by atoms with Gasteiger partial charge in [-0.1, -0.05) is 0 Å². The van der Waals surface area contributed by atoms with Gasteiger partial charge in [0, 0.05) is 17.5 Å². The number of nitrogens with one attached hydrogen (secondary N) is 1. The number of hydrogen-bond donors (Lipinski definition) is 1. The highest BCUT2D eigenvalue weighted by Crippen LogP contribution is 2.19. The highest BCUT2D eigenvalue weighted by atomic mass is 32.2.